The van der Waals surface area contributed by atoms with Gasteiger partial charge in [0.25, 0.3) is 0 Å². The van der Waals surface area contributed by atoms with Gasteiger partial charge < -0.3 is 9.47 Å². The maximum absolute atomic E-state index is 13.0. The lowest BCUT2D eigenvalue weighted by atomic mass is 9.88. The number of ether oxygens (including phenoxy) is 2. The Morgan fingerprint density at radius 2 is 1.82 bits per heavy atom. The zero-order chi connectivity index (χ0) is 24.4. The van der Waals surface area contributed by atoms with Crippen molar-refractivity contribution in [3.63, 3.8) is 0 Å². The maximum Gasteiger partial charge on any atom is 0.416 e. The van der Waals surface area contributed by atoms with Crippen molar-refractivity contribution in [2.24, 2.45) is 0 Å². The molecule has 1 unspecified atom stereocenters. The number of alkyl halides is 3. The number of benzene rings is 2. The number of hydrogen-bond donors (Lipinski definition) is 0. The molecule has 0 aromatic heterocycles. The molecule has 6 heteroatoms. The van der Waals surface area contributed by atoms with E-state index in [1.54, 1.807) is 27.4 Å². The second-order valence-corrected chi connectivity index (χ2v) is 8.05. The van der Waals surface area contributed by atoms with Crippen LogP contribution in [0, 0.1) is 6.92 Å². The number of halogens is 3. The van der Waals surface area contributed by atoms with Crippen LogP contribution >= 0.6 is 0 Å². The summed E-state index contributed by atoms with van der Waals surface area (Å²) in [6.07, 6.45) is 2.95. The molecule has 0 heterocycles. The first-order chi connectivity index (χ1) is 15.7. The molecular formula is C27H35F3O3. The van der Waals surface area contributed by atoms with E-state index in [1.807, 2.05) is 43.4 Å². The van der Waals surface area contributed by atoms with E-state index in [9.17, 15) is 18.0 Å². The van der Waals surface area contributed by atoms with Gasteiger partial charge in [0.2, 0.25) is 0 Å². The summed E-state index contributed by atoms with van der Waals surface area (Å²) in [5.74, 6) is 0.0111. The predicted octanol–water partition coefficient (Wildman–Crippen LogP) is 6.74. The monoisotopic (exact) mass is 464 g/mol. The lowest BCUT2D eigenvalue weighted by Crippen LogP contribution is -2.13. The Kier molecular flexibility index (Phi) is 10.1. The van der Waals surface area contributed by atoms with E-state index in [4.69, 9.17) is 4.74 Å². The molecular weight excluding hydrogens is 429 g/mol. The van der Waals surface area contributed by atoms with E-state index in [-0.39, 0.29) is 14.6 Å². The van der Waals surface area contributed by atoms with Crippen LogP contribution in [0.15, 0.2) is 66.3 Å². The second-order valence-electron chi connectivity index (χ2n) is 8.05. The number of aryl methyl sites for hydroxylation is 1. The summed E-state index contributed by atoms with van der Waals surface area (Å²) in [5.41, 5.74) is 3.68. The fraction of sp³-hybridized carbons (Fsp3) is 0.370. The summed E-state index contributed by atoms with van der Waals surface area (Å²) >= 11 is 0. The number of allylic oxidation sites excluding steroid dienone is 4. The molecule has 33 heavy (non-hydrogen) atoms. The first-order valence-corrected chi connectivity index (χ1v) is 10.7. The Morgan fingerprint density at radius 3 is 2.39 bits per heavy atom. The van der Waals surface area contributed by atoms with Crippen LogP contribution in [0.5, 0.6) is 0 Å². The molecule has 1 aliphatic rings. The van der Waals surface area contributed by atoms with Crippen LogP contribution in [0.3, 0.4) is 0 Å². The average Bonchev–Trinajstić information content (AvgIpc) is 3.29. The molecule has 3 nitrogen and oxygen atoms in total. The van der Waals surface area contributed by atoms with Crippen molar-refractivity contribution >= 4 is 5.78 Å². The largest absolute Gasteiger partial charge is 0.416 e. The van der Waals surface area contributed by atoms with Gasteiger partial charge in [0.15, 0.2) is 5.78 Å². The van der Waals surface area contributed by atoms with Crippen molar-refractivity contribution in [3.05, 3.63) is 94.1 Å². The van der Waals surface area contributed by atoms with E-state index in [0.29, 0.717) is 25.0 Å². The minimum atomic E-state index is -4.36. The molecule has 0 fully saturated rings. The maximum atomic E-state index is 13.0. The third-order valence-corrected chi connectivity index (χ3v) is 5.34. The van der Waals surface area contributed by atoms with Crippen LogP contribution in [0.4, 0.5) is 13.2 Å². The molecule has 0 spiro atoms. The minimum Gasteiger partial charge on any atom is -0.388 e. The van der Waals surface area contributed by atoms with Gasteiger partial charge in [-0.05, 0) is 48.1 Å². The summed E-state index contributed by atoms with van der Waals surface area (Å²) in [6, 6.07) is 11.3. The van der Waals surface area contributed by atoms with E-state index >= 15 is 0 Å². The average molecular weight is 465 g/mol. The van der Waals surface area contributed by atoms with Crippen LogP contribution < -0.4 is 0 Å². The van der Waals surface area contributed by atoms with Crippen LogP contribution in [-0.2, 0) is 33.3 Å². The summed E-state index contributed by atoms with van der Waals surface area (Å²) in [6.45, 7) is 2.36. The topological polar surface area (TPSA) is 35.5 Å². The van der Waals surface area contributed by atoms with Gasteiger partial charge in [-0.3, -0.25) is 4.79 Å². The molecule has 0 radical (unpaired) electrons. The van der Waals surface area contributed by atoms with Gasteiger partial charge >= 0.3 is 6.18 Å². The van der Waals surface area contributed by atoms with Crippen LogP contribution in [0.25, 0.3) is 0 Å². The molecule has 0 N–H and O–H groups in total. The van der Waals surface area contributed by atoms with Gasteiger partial charge in [-0.2, -0.15) is 13.2 Å². The Hall–Kier alpha value is -2.70. The third kappa shape index (κ3) is 7.98. The predicted molar refractivity (Wildman–Crippen MR) is 129 cm³/mol. The summed E-state index contributed by atoms with van der Waals surface area (Å²) in [7, 11) is 4.84. The summed E-state index contributed by atoms with van der Waals surface area (Å²) < 4.78 is 48.7. The lowest BCUT2D eigenvalue weighted by Gasteiger charge is -2.20. The molecule has 182 valence electrons. The number of carbonyl (C=O) groups is 1. The van der Waals surface area contributed by atoms with Crippen molar-refractivity contribution in [1.29, 1.82) is 0 Å². The Labute approximate surface area is 196 Å². The molecule has 3 rings (SSSR count). The molecule has 0 saturated carbocycles. The van der Waals surface area contributed by atoms with Gasteiger partial charge in [-0.15, -0.1) is 0 Å². The fourth-order valence-corrected chi connectivity index (χ4v) is 3.88. The first-order valence-electron chi connectivity index (χ1n) is 10.7. The zero-order valence-corrected chi connectivity index (χ0v) is 19.5. The molecule has 0 saturated heterocycles. The number of ketones is 1. The van der Waals surface area contributed by atoms with Gasteiger partial charge in [-0.1, -0.05) is 54.6 Å². The standard InChI is InChI=1S/C25H25F3O2.C2H6O.2H2/c1-17-12-19(15-24(29)20-7-3-4-8-20)10-11-23(17)21(16-30-2)13-18-6-5-9-22(14-18)25(26,27)28;1-3-2;;/h3,5-12,14,21H,4,13,15-16H2,1-2H3;1-2H3;2*1H. The number of rotatable bonds is 8. The van der Waals surface area contributed by atoms with Crippen LogP contribution in [0.1, 0.15) is 43.0 Å². The van der Waals surface area contributed by atoms with E-state index < -0.39 is 11.7 Å². The lowest BCUT2D eigenvalue weighted by molar-refractivity contribution is -0.137. The highest BCUT2D eigenvalue weighted by Crippen LogP contribution is 2.31. The highest BCUT2D eigenvalue weighted by atomic mass is 19.4. The number of hydrogen-bond acceptors (Lipinski definition) is 3. The zero-order valence-electron chi connectivity index (χ0n) is 19.5. The van der Waals surface area contributed by atoms with Crippen molar-refractivity contribution in [3.8, 4) is 0 Å². The van der Waals surface area contributed by atoms with Crippen molar-refractivity contribution in [2.75, 3.05) is 27.9 Å². The van der Waals surface area contributed by atoms with Crippen molar-refractivity contribution < 1.29 is 30.3 Å². The number of carbonyl (C=O) groups excluding carboxylic acids is 1. The third-order valence-electron chi connectivity index (χ3n) is 5.34. The first kappa shape index (κ1) is 26.6. The van der Waals surface area contributed by atoms with Gasteiger partial charge in [0.05, 0.1) is 12.2 Å². The van der Waals surface area contributed by atoms with Crippen molar-refractivity contribution in [2.45, 2.75) is 38.3 Å². The van der Waals surface area contributed by atoms with Crippen LogP contribution in [0.2, 0.25) is 0 Å². The Morgan fingerprint density at radius 1 is 1.09 bits per heavy atom. The molecule has 0 bridgehead atoms. The highest BCUT2D eigenvalue weighted by molar-refractivity contribution is 5.99. The second kappa shape index (κ2) is 12.5. The van der Waals surface area contributed by atoms with Gasteiger partial charge in [-0.25, -0.2) is 0 Å². The molecule has 0 amide bonds. The minimum absolute atomic E-state index is 0. The van der Waals surface area contributed by atoms with E-state index in [1.165, 1.54) is 12.1 Å². The van der Waals surface area contributed by atoms with E-state index in [2.05, 4.69) is 4.74 Å². The Balaban J connectivity index is 0.00000220. The molecule has 1 aliphatic carbocycles. The highest BCUT2D eigenvalue weighted by Gasteiger charge is 2.30. The summed E-state index contributed by atoms with van der Waals surface area (Å²) in [4.78, 5) is 12.4. The number of methoxy groups -OCH3 is 2. The van der Waals surface area contributed by atoms with Gasteiger partial charge in [0.1, 0.15) is 0 Å². The molecule has 2 aromatic carbocycles. The molecule has 0 aliphatic heterocycles. The molecule has 2 aromatic rings. The quantitative estimate of drug-likeness (QED) is 0.434. The summed E-state index contributed by atoms with van der Waals surface area (Å²) in [5, 5.41) is 0. The molecule has 1 atom stereocenters. The number of Topliss-reactive ketones (excluding diaryl/α,β-unsaturated/α-hetero) is 1. The van der Waals surface area contributed by atoms with Crippen LogP contribution in [-0.4, -0.2) is 33.7 Å². The fourth-order valence-electron chi connectivity index (χ4n) is 3.88. The SMILES string of the molecule is COC.COCC(Cc1cccc(C(F)(F)F)c1)c1ccc(CC(=O)C2=CCC=C2)cc1C.[HH].[HH]. The smallest absolute Gasteiger partial charge is 0.388 e. The van der Waals surface area contributed by atoms with Gasteiger partial charge in [0, 0.05) is 42.1 Å². The Bertz CT molecular complexity index is 1000. The normalized spacial score (nSPS) is 13.8. The van der Waals surface area contributed by atoms with Crippen molar-refractivity contribution in [1.82, 2.24) is 0 Å². The van der Waals surface area contributed by atoms with E-state index in [0.717, 1.165) is 34.8 Å².